The summed E-state index contributed by atoms with van der Waals surface area (Å²) in [5, 5.41) is 15.3. The van der Waals surface area contributed by atoms with E-state index in [0.717, 1.165) is 30.4 Å². The van der Waals surface area contributed by atoms with Crippen LogP contribution in [-0.4, -0.2) is 41.8 Å². The molecule has 35 heavy (non-hydrogen) atoms. The minimum absolute atomic E-state index is 0.0195. The van der Waals surface area contributed by atoms with Crippen molar-refractivity contribution in [3.05, 3.63) is 59.7 Å². The van der Waals surface area contributed by atoms with Crippen LogP contribution < -0.4 is 10.6 Å². The largest absolute Gasteiger partial charge is 0.481 e. The average Bonchev–Trinajstić information content (AvgIpc) is 3.46. The Balaban J connectivity index is 1.21. The summed E-state index contributed by atoms with van der Waals surface area (Å²) in [6.45, 7) is 0.228. The number of carboxylic acids is 1. The first-order valence-electron chi connectivity index (χ1n) is 12.7. The Morgan fingerprint density at radius 1 is 0.771 bits per heavy atom. The predicted molar refractivity (Wildman–Crippen MR) is 131 cm³/mol. The maximum absolute atomic E-state index is 13.1. The number of fused-ring (bicyclic) bond motifs is 3. The van der Waals surface area contributed by atoms with Crippen molar-refractivity contribution in [1.82, 2.24) is 10.6 Å². The first kappa shape index (κ1) is 23.4. The van der Waals surface area contributed by atoms with Crippen LogP contribution in [0.5, 0.6) is 0 Å². The van der Waals surface area contributed by atoms with E-state index in [1.807, 2.05) is 24.3 Å². The maximum Gasteiger partial charge on any atom is 0.407 e. The van der Waals surface area contributed by atoms with Gasteiger partial charge in [-0.15, -0.1) is 0 Å². The molecule has 2 amide bonds. The molecule has 4 atom stereocenters. The van der Waals surface area contributed by atoms with E-state index in [0.29, 0.717) is 25.7 Å². The fourth-order valence-electron chi connectivity index (χ4n) is 6.13. The zero-order chi connectivity index (χ0) is 24.4. The summed E-state index contributed by atoms with van der Waals surface area (Å²) < 4.78 is 5.69. The smallest absolute Gasteiger partial charge is 0.407 e. The van der Waals surface area contributed by atoms with Gasteiger partial charge in [0.2, 0.25) is 5.91 Å². The van der Waals surface area contributed by atoms with Crippen molar-refractivity contribution >= 4 is 18.0 Å². The van der Waals surface area contributed by atoms with Crippen molar-refractivity contribution in [3.8, 4) is 11.1 Å². The SMILES string of the molecule is O=C(N[C@H]1CCCC[C@H]1C(=O)NC1CCCC1C(=O)O)OCC1c2ccccc2-c2ccccc21. The van der Waals surface area contributed by atoms with E-state index in [2.05, 4.69) is 34.9 Å². The van der Waals surface area contributed by atoms with Crippen LogP contribution >= 0.6 is 0 Å². The number of amides is 2. The van der Waals surface area contributed by atoms with Gasteiger partial charge in [-0.25, -0.2) is 4.79 Å². The van der Waals surface area contributed by atoms with Crippen LogP contribution in [0.3, 0.4) is 0 Å². The number of aliphatic carboxylic acids is 1. The molecule has 3 aliphatic rings. The Kier molecular flexibility index (Phi) is 6.75. The predicted octanol–water partition coefficient (Wildman–Crippen LogP) is 4.45. The lowest BCUT2D eigenvalue weighted by atomic mass is 9.83. The van der Waals surface area contributed by atoms with Gasteiger partial charge in [0.15, 0.2) is 0 Å². The van der Waals surface area contributed by atoms with Gasteiger partial charge in [-0.2, -0.15) is 0 Å². The topological polar surface area (TPSA) is 105 Å². The lowest BCUT2D eigenvalue weighted by Gasteiger charge is -2.32. The molecule has 5 rings (SSSR count). The molecule has 3 N–H and O–H groups in total. The summed E-state index contributed by atoms with van der Waals surface area (Å²) in [6, 6.07) is 15.7. The van der Waals surface area contributed by atoms with Gasteiger partial charge >= 0.3 is 12.1 Å². The van der Waals surface area contributed by atoms with Crippen LogP contribution in [0.25, 0.3) is 11.1 Å². The van der Waals surface area contributed by atoms with E-state index in [1.165, 1.54) is 11.1 Å². The number of rotatable bonds is 6. The van der Waals surface area contributed by atoms with Gasteiger partial charge in [-0.3, -0.25) is 9.59 Å². The molecule has 2 aromatic rings. The van der Waals surface area contributed by atoms with Crippen LogP contribution in [-0.2, 0) is 14.3 Å². The summed E-state index contributed by atoms with van der Waals surface area (Å²) in [5.41, 5.74) is 4.65. The van der Waals surface area contributed by atoms with E-state index in [4.69, 9.17) is 4.74 Å². The molecular weight excluding hydrogens is 444 g/mol. The van der Waals surface area contributed by atoms with Crippen molar-refractivity contribution in [2.24, 2.45) is 11.8 Å². The molecule has 3 aliphatic carbocycles. The number of hydrogen-bond acceptors (Lipinski definition) is 4. The minimum Gasteiger partial charge on any atom is -0.481 e. The summed E-state index contributed by atoms with van der Waals surface area (Å²) in [6.07, 6.45) is 4.77. The number of carbonyl (C=O) groups is 3. The molecule has 0 radical (unpaired) electrons. The van der Waals surface area contributed by atoms with Gasteiger partial charge < -0.3 is 20.5 Å². The van der Waals surface area contributed by atoms with Crippen LogP contribution in [0.4, 0.5) is 4.79 Å². The number of hydrogen-bond donors (Lipinski definition) is 3. The standard InChI is InChI=1S/C28H32N2O5/c31-26(29-25-15-7-13-22(25)27(32)33)21-12-5-6-14-24(21)30-28(34)35-16-23-19-10-3-1-8-17(19)18-9-2-4-11-20(18)23/h1-4,8-11,21-25H,5-7,12-16H2,(H,29,31)(H,30,34)(H,32,33)/t21-,22?,24+,25?/m1/s1. The summed E-state index contributed by atoms with van der Waals surface area (Å²) >= 11 is 0. The summed E-state index contributed by atoms with van der Waals surface area (Å²) in [4.78, 5) is 37.4. The highest BCUT2D eigenvalue weighted by molar-refractivity contribution is 5.82. The second kappa shape index (κ2) is 10.1. The average molecular weight is 477 g/mol. The van der Waals surface area contributed by atoms with Crippen molar-refractivity contribution in [2.45, 2.75) is 62.9 Å². The van der Waals surface area contributed by atoms with E-state index in [1.54, 1.807) is 0 Å². The molecule has 0 aliphatic heterocycles. The highest BCUT2D eigenvalue weighted by Gasteiger charge is 2.38. The van der Waals surface area contributed by atoms with E-state index < -0.39 is 18.0 Å². The Morgan fingerprint density at radius 2 is 1.34 bits per heavy atom. The number of ether oxygens (including phenoxy) is 1. The van der Waals surface area contributed by atoms with Crippen LogP contribution in [0.15, 0.2) is 48.5 Å². The molecule has 0 saturated heterocycles. The van der Waals surface area contributed by atoms with Gasteiger partial charge in [0, 0.05) is 18.0 Å². The monoisotopic (exact) mass is 476 g/mol. The van der Waals surface area contributed by atoms with Crippen molar-refractivity contribution in [1.29, 1.82) is 0 Å². The Hall–Kier alpha value is -3.35. The Labute approximate surface area is 205 Å². The van der Waals surface area contributed by atoms with Gasteiger partial charge in [-0.1, -0.05) is 67.8 Å². The molecule has 0 aromatic heterocycles. The van der Waals surface area contributed by atoms with E-state index in [9.17, 15) is 19.5 Å². The fourth-order valence-corrected chi connectivity index (χ4v) is 6.13. The van der Waals surface area contributed by atoms with Gasteiger partial charge in [0.1, 0.15) is 6.61 Å². The van der Waals surface area contributed by atoms with Crippen LogP contribution in [0.1, 0.15) is 62.0 Å². The lowest BCUT2D eigenvalue weighted by Crippen LogP contribution is -2.51. The highest BCUT2D eigenvalue weighted by atomic mass is 16.5. The quantitative estimate of drug-likeness (QED) is 0.571. The van der Waals surface area contributed by atoms with Crippen molar-refractivity contribution in [2.75, 3.05) is 6.61 Å². The van der Waals surface area contributed by atoms with E-state index in [-0.39, 0.29) is 36.4 Å². The summed E-state index contributed by atoms with van der Waals surface area (Å²) in [5.74, 6) is -1.94. The number of nitrogens with one attached hydrogen (secondary N) is 2. The number of benzene rings is 2. The Morgan fingerprint density at radius 3 is 2.03 bits per heavy atom. The van der Waals surface area contributed by atoms with Gasteiger partial charge in [0.25, 0.3) is 0 Å². The zero-order valence-electron chi connectivity index (χ0n) is 19.7. The second-order valence-electron chi connectivity index (χ2n) is 9.96. The maximum atomic E-state index is 13.1. The van der Waals surface area contributed by atoms with E-state index >= 15 is 0 Å². The zero-order valence-corrected chi connectivity index (χ0v) is 19.7. The first-order valence-corrected chi connectivity index (χ1v) is 12.7. The van der Waals surface area contributed by atoms with Gasteiger partial charge in [0.05, 0.1) is 11.8 Å². The molecule has 7 heteroatoms. The summed E-state index contributed by atoms with van der Waals surface area (Å²) in [7, 11) is 0. The second-order valence-corrected chi connectivity index (χ2v) is 9.96. The lowest BCUT2D eigenvalue weighted by molar-refractivity contribution is -0.142. The third-order valence-corrected chi connectivity index (χ3v) is 7.91. The highest BCUT2D eigenvalue weighted by Crippen LogP contribution is 2.44. The van der Waals surface area contributed by atoms with Crippen molar-refractivity contribution < 1.29 is 24.2 Å². The molecule has 2 unspecified atom stereocenters. The van der Waals surface area contributed by atoms with Crippen molar-refractivity contribution in [3.63, 3.8) is 0 Å². The normalized spacial score (nSPS) is 25.4. The molecule has 7 nitrogen and oxygen atoms in total. The molecule has 184 valence electrons. The molecule has 2 fully saturated rings. The van der Waals surface area contributed by atoms with Crippen LogP contribution in [0, 0.1) is 11.8 Å². The number of alkyl carbamates (subject to hydrolysis) is 1. The molecule has 0 heterocycles. The van der Waals surface area contributed by atoms with Crippen LogP contribution in [0.2, 0.25) is 0 Å². The number of carbonyl (C=O) groups excluding carboxylic acids is 2. The third kappa shape index (κ3) is 4.77. The molecule has 0 bridgehead atoms. The minimum atomic E-state index is -0.857. The molecule has 2 aromatic carbocycles. The molecular formula is C28H32N2O5. The molecule has 2 saturated carbocycles. The first-order chi connectivity index (χ1) is 17.0. The third-order valence-electron chi connectivity index (χ3n) is 7.91. The Bertz CT molecular complexity index is 1070. The number of carboxylic acid groups (broad SMARTS) is 1. The van der Waals surface area contributed by atoms with Gasteiger partial charge in [-0.05, 0) is 47.9 Å². The molecule has 0 spiro atoms. The fraction of sp³-hybridized carbons (Fsp3) is 0.464.